The maximum atomic E-state index is 12.9. The summed E-state index contributed by atoms with van der Waals surface area (Å²) in [6.45, 7) is 1.86. The number of H-pyrrole nitrogens is 1. The number of aromatic amines is 1. The maximum Gasteiger partial charge on any atom is 0.247 e. The summed E-state index contributed by atoms with van der Waals surface area (Å²) in [5, 5.41) is 10.2. The van der Waals surface area contributed by atoms with Crippen LogP contribution in [0.5, 0.6) is 0 Å². The fourth-order valence-corrected chi connectivity index (χ4v) is 6.78. The van der Waals surface area contributed by atoms with Crippen molar-refractivity contribution < 1.29 is 8.42 Å². The molecule has 3 aliphatic rings. The van der Waals surface area contributed by atoms with E-state index < -0.39 is 9.84 Å². The van der Waals surface area contributed by atoms with Gasteiger partial charge in [-0.1, -0.05) is 6.07 Å². The minimum absolute atomic E-state index is 0.0163. The molecule has 2 aromatic rings. The molecule has 2 N–H and O–H groups in total. The molecule has 0 spiro atoms. The summed E-state index contributed by atoms with van der Waals surface area (Å²) in [5.74, 6) is 0.641. The van der Waals surface area contributed by atoms with Gasteiger partial charge in [-0.2, -0.15) is 4.98 Å². The van der Waals surface area contributed by atoms with Gasteiger partial charge in [-0.25, -0.2) is 13.5 Å². The van der Waals surface area contributed by atoms with Gasteiger partial charge in [0.05, 0.1) is 5.75 Å². The Morgan fingerprint density at radius 2 is 1.86 bits per heavy atom. The molecule has 1 saturated heterocycles. The molecular formula is C21H29N5O2S. The van der Waals surface area contributed by atoms with Gasteiger partial charge < -0.3 is 10.2 Å². The Balaban J connectivity index is 1.38. The second-order valence-corrected chi connectivity index (χ2v) is 10.8. The number of sulfone groups is 1. The number of anilines is 2. The van der Waals surface area contributed by atoms with Crippen molar-refractivity contribution in [1.82, 2.24) is 20.1 Å². The van der Waals surface area contributed by atoms with Crippen molar-refractivity contribution in [3.8, 4) is 0 Å². The summed E-state index contributed by atoms with van der Waals surface area (Å²) in [6.07, 6.45) is 8.73. The van der Waals surface area contributed by atoms with Gasteiger partial charge in [-0.05, 0) is 93.1 Å². The summed E-state index contributed by atoms with van der Waals surface area (Å²) in [7, 11) is -1.43. The fourth-order valence-electron chi connectivity index (χ4n) is 5.32. The Hall–Kier alpha value is -1.93. The van der Waals surface area contributed by atoms with E-state index in [4.69, 9.17) is 0 Å². The minimum Gasteiger partial charge on any atom is -0.322 e. The molecular weight excluding hydrogens is 386 g/mol. The predicted octanol–water partition coefficient (Wildman–Crippen LogP) is 2.64. The Kier molecular flexibility index (Phi) is 4.86. The van der Waals surface area contributed by atoms with Gasteiger partial charge in [0.2, 0.25) is 20.9 Å². The zero-order chi connectivity index (χ0) is 20.0. The number of hydrogen-bond donors (Lipinski definition) is 2. The molecule has 1 aliphatic heterocycles. The quantitative estimate of drug-likeness (QED) is 0.780. The molecule has 2 aliphatic carbocycles. The van der Waals surface area contributed by atoms with Gasteiger partial charge in [0.25, 0.3) is 0 Å². The van der Waals surface area contributed by atoms with E-state index >= 15 is 0 Å². The molecule has 5 rings (SSSR count). The minimum atomic E-state index is -3.47. The molecule has 2 heterocycles. The van der Waals surface area contributed by atoms with E-state index in [-0.39, 0.29) is 16.8 Å². The molecule has 8 heteroatoms. The first-order valence-electron chi connectivity index (χ1n) is 10.8. The number of nitrogens with one attached hydrogen (secondary N) is 2. The number of benzene rings is 1. The highest BCUT2D eigenvalue weighted by molar-refractivity contribution is 7.91. The Morgan fingerprint density at radius 1 is 1.14 bits per heavy atom. The molecule has 1 fully saturated rings. The van der Waals surface area contributed by atoms with E-state index in [1.165, 1.54) is 35.1 Å². The number of hydrogen-bond acceptors (Lipinski definition) is 6. The van der Waals surface area contributed by atoms with Gasteiger partial charge in [-0.3, -0.25) is 0 Å². The van der Waals surface area contributed by atoms with E-state index in [0.29, 0.717) is 5.95 Å². The number of nitrogens with zero attached hydrogens (tertiary/aromatic N) is 3. The van der Waals surface area contributed by atoms with Gasteiger partial charge in [0.15, 0.2) is 0 Å². The molecule has 1 atom stereocenters. The first kappa shape index (κ1) is 19.1. The first-order valence-corrected chi connectivity index (χ1v) is 12.4. The van der Waals surface area contributed by atoms with E-state index in [0.717, 1.165) is 57.3 Å². The average Bonchev–Trinajstić information content (AvgIpc) is 3.41. The van der Waals surface area contributed by atoms with Gasteiger partial charge >= 0.3 is 0 Å². The largest absolute Gasteiger partial charge is 0.322 e. The van der Waals surface area contributed by atoms with Crippen molar-refractivity contribution in [2.45, 2.75) is 56.5 Å². The second-order valence-electron chi connectivity index (χ2n) is 8.88. The second kappa shape index (κ2) is 7.40. The van der Waals surface area contributed by atoms with Crippen LogP contribution in [0.15, 0.2) is 11.2 Å². The van der Waals surface area contributed by atoms with Crippen LogP contribution in [0.4, 0.5) is 11.6 Å². The Labute approximate surface area is 172 Å². The predicted molar refractivity (Wildman–Crippen MR) is 112 cm³/mol. The highest BCUT2D eigenvalue weighted by Gasteiger charge is 2.29. The van der Waals surface area contributed by atoms with Crippen molar-refractivity contribution in [2.24, 2.45) is 5.92 Å². The third kappa shape index (κ3) is 3.68. The van der Waals surface area contributed by atoms with Crippen molar-refractivity contribution in [3.63, 3.8) is 0 Å². The zero-order valence-electron chi connectivity index (χ0n) is 17.0. The molecule has 0 saturated carbocycles. The normalized spacial score (nSPS) is 21.9. The lowest BCUT2D eigenvalue weighted by Gasteiger charge is -2.29. The Morgan fingerprint density at radius 3 is 2.55 bits per heavy atom. The first-order chi connectivity index (χ1) is 14.0. The summed E-state index contributed by atoms with van der Waals surface area (Å²) in [4.78, 5) is 6.54. The van der Waals surface area contributed by atoms with Crippen LogP contribution in [0.1, 0.15) is 47.9 Å². The highest BCUT2D eigenvalue weighted by atomic mass is 32.2. The highest BCUT2D eigenvalue weighted by Crippen LogP contribution is 2.39. The average molecular weight is 416 g/mol. The fraction of sp³-hybridized carbons (Fsp3) is 0.619. The number of aromatic nitrogens is 3. The van der Waals surface area contributed by atoms with Gasteiger partial charge in [-0.15, -0.1) is 5.10 Å². The van der Waals surface area contributed by atoms with Crippen LogP contribution in [-0.2, 0) is 35.5 Å². The van der Waals surface area contributed by atoms with Crippen LogP contribution >= 0.6 is 0 Å². The standard InChI is InChI=1S/C21H29N5O2S/c1-26-10-4-5-14(12-26)13-29(27,28)21-23-20(24-25-21)22-19-17-8-2-6-15(17)11-16-7-3-9-18(16)19/h11,14H,2-10,12-13H2,1H3,(H2,22,23,24,25). The van der Waals surface area contributed by atoms with Crippen molar-refractivity contribution in [2.75, 3.05) is 31.2 Å². The lowest BCUT2D eigenvalue weighted by molar-refractivity contribution is 0.223. The lowest BCUT2D eigenvalue weighted by atomic mass is 9.99. The molecule has 0 bridgehead atoms. The van der Waals surface area contributed by atoms with E-state index in [1.54, 1.807) is 0 Å². The lowest BCUT2D eigenvalue weighted by Crippen LogP contribution is -2.35. The molecule has 156 valence electrons. The molecule has 29 heavy (non-hydrogen) atoms. The zero-order valence-corrected chi connectivity index (χ0v) is 17.8. The Bertz CT molecular complexity index is 998. The monoisotopic (exact) mass is 415 g/mol. The van der Waals surface area contributed by atoms with Crippen LogP contribution in [0.3, 0.4) is 0 Å². The smallest absolute Gasteiger partial charge is 0.247 e. The molecule has 1 unspecified atom stereocenters. The van der Waals surface area contributed by atoms with Crippen LogP contribution in [0, 0.1) is 5.92 Å². The summed E-state index contributed by atoms with van der Waals surface area (Å²) < 4.78 is 25.7. The molecule has 1 aromatic heterocycles. The summed E-state index contributed by atoms with van der Waals surface area (Å²) >= 11 is 0. The number of fused-ring (bicyclic) bond motifs is 2. The van der Waals surface area contributed by atoms with Crippen LogP contribution in [-0.4, -0.2) is 54.4 Å². The van der Waals surface area contributed by atoms with Crippen LogP contribution in [0.2, 0.25) is 0 Å². The topological polar surface area (TPSA) is 91.0 Å². The van der Waals surface area contributed by atoms with Crippen LogP contribution in [0.25, 0.3) is 0 Å². The van der Waals surface area contributed by atoms with E-state index in [2.05, 4.69) is 31.5 Å². The van der Waals surface area contributed by atoms with E-state index in [1.807, 2.05) is 7.05 Å². The van der Waals surface area contributed by atoms with E-state index in [9.17, 15) is 8.42 Å². The van der Waals surface area contributed by atoms with Crippen LogP contribution < -0.4 is 5.32 Å². The van der Waals surface area contributed by atoms with Crippen molar-refractivity contribution in [1.29, 1.82) is 0 Å². The maximum absolute atomic E-state index is 12.9. The van der Waals surface area contributed by atoms with Crippen molar-refractivity contribution >= 4 is 21.5 Å². The molecule has 1 aromatic carbocycles. The van der Waals surface area contributed by atoms with Gasteiger partial charge in [0.1, 0.15) is 0 Å². The number of rotatable bonds is 5. The third-order valence-corrected chi connectivity index (χ3v) is 8.33. The molecule has 0 radical (unpaired) electrons. The summed E-state index contributed by atoms with van der Waals surface area (Å²) in [5.41, 5.74) is 6.72. The number of piperidine rings is 1. The number of likely N-dealkylation sites (tertiary alicyclic amines) is 1. The van der Waals surface area contributed by atoms with Crippen molar-refractivity contribution in [3.05, 3.63) is 28.3 Å². The molecule has 7 nitrogen and oxygen atoms in total. The third-order valence-electron chi connectivity index (χ3n) is 6.65. The van der Waals surface area contributed by atoms with Gasteiger partial charge in [0, 0.05) is 12.2 Å². The molecule has 0 amide bonds. The number of aryl methyl sites for hydroxylation is 2. The summed E-state index contributed by atoms with van der Waals surface area (Å²) in [6, 6.07) is 2.38. The SMILES string of the molecule is CN1CCCC(CS(=O)(=O)c2nc(Nc3c4c(cc5c3CCC5)CCC4)n[nH]2)C1.